The fraction of sp³-hybridized carbons (Fsp3) is 0.217. The first-order chi connectivity index (χ1) is 14.9. The second kappa shape index (κ2) is 9.72. The van der Waals surface area contributed by atoms with Crippen LogP contribution in [-0.4, -0.2) is 44.3 Å². The molecule has 0 unspecified atom stereocenters. The summed E-state index contributed by atoms with van der Waals surface area (Å²) in [4.78, 5) is 16.7. The summed E-state index contributed by atoms with van der Waals surface area (Å²) < 4.78 is 37.3. The van der Waals surface area contributed by atoms with Gasteiger partial charge < -0.3 is 9.47 Å². The third-order valence-corrected chi connectivity index (χ3v) is 6.68. The summed E-state index contributed by atoms with van der Waals surface area (Å²) in [5.74, 6) is 0.260. The van der Waals surface area contributed by atoms with Gasteiger partial charge in [0.2, 0.25) is 15.9 Å². The van der Waals surface area contributed by atoms with Gasteiger partial charge >= 0.3 is 5.97 Å². The maximum Gasteiger partial charge on any atom is 0.363 e. The largest absolute Gasteiger partial charge is 0.490 e. The number of hydrogen-bond donors (Lipinski definition) is 0. The van der Waals surface area contributed by atoms with Gasteiger partial charge in [-0.05, 0) is 48.0 Å². The lowest BCUT2D eigenvalue weighted by Gasteiger charge is -2.18. The average molecular weight is 441 g/mol. The minimum Gasteiger partial charge on any atom is -0.490 e. The van der Waals surface area contributed by atoms with E-state index in [1.54, 1.807) is 62.4 Å². The van der Waals surface area contributed by atoms with E-state index in [1.165, 1.54) is 16.4 Å². The molecule has 2 aromatic carbocycles. The van der Waals surface area contributed by atoms with Gasteiger partial charge in [0, 0.05) is 18.7 Å². The molecule has 1 aliphatic heterocycles. The molecular formula is C23H24N2O5S. The Kier molecular flexibility index (Phi) is 7.04. The molecule has 2 aromatic rings. The Hall–Kier alpha value is -3.23. The Morgan fingerprint density at radius 1 is 1.06 bits per heavy atom. The van der Waals surface area contributed by atoms with Gasteiger partial charge in [-0.1, -0.05) is 38.6 Å². The van der Waals surface area contributed by atoms with Crippen LogP contribution in [0.1, 0.15) is 25.0 Å². The van der Waals surface area contributed by atoms with E-state index in [0.717, 1.165) is 5.56 Å². The molecule has 0 atom stereocenters. The fourth-order valence-electron chi connectivity index (χ4n) is 2.99. The van der Waals surface area contributed by atoms with E-state index in [4.69, 9.17) is 9.47 Å². The van der Waals surface area contributed by atoms with Crippen LogP contribution in [0.5, 0.6) is 5.75 Å². The summed E-state index contributed by atoms with van der Waals surface area (Å²) in [6.45, 7) is 8.37. The van der Waals surface area contributed by atoms with Crippen LogP contribution < -0.4 is 4.74 Å². The number of esters is 1. The zero-order valence-electron chi connectivity index (χ0n) is 17.4. The van der Waals surface area contributed by atoms with Crippen molar-refractivity contribution in [1.29, 1.82) is 0 Å². The predicted octanol–water partition coefficient (Wildman–Crippen LogP) is 3.63. The Balaban J connectivity index is 1.80. The molecule has 1 aliphatic rings. The van der Waals surface area contributed by atoms with Crippen LogP contribution in [0, 0.1) is 0 Å². The van der Waals surface area contributed by atoms with Crippen LogP contribution in [0.15, 0.2) is 76.8 Å². The molecule has 3 rings (SSSR count). The lowest BCUT2D eigenvalue weighted by Crippen LogP contribution is -2.30. The molecule has 0 bridgehead atoms. The number of carbonyl (C=O) groups excluding carboxylic acids is 1. The highest BCUT2D eigenvalue weighted by atomic mass is 32.2. The zero-order valence-corrected chi connectivity index (χ0v) is 18.3. The first kappa shape index (κ1) is 22.5. The van der Waals surface area contributed by atoms with Gasteiger partial charge in [-0.25, -0.2) is 18.2 Å². The third-order valence-electron chi connectivity index (χ3n) is 4.62. The molecule has 0 aliphatic carbocycles. The van der Waals surface area contributed by atoms with Crippen LogP contribution >= 0.6 is 0 Å². The number of carbonyl (C=O) groups is 1. The van der Waals surface area contributed by atoms with Gasteiger partial charge in [-0.15, -0.1) is 0 Å². The maximum atomic E-state index is 12.6. The van der Waals surface area contributed by atoms with Crippen LogP contribution in [0.2, 0.25) is 0 Å². The number of sulfonamides is 1. The van der Waals surface area contributed by atoms with Crippen molar-refractivity contribution in [3.8, 4) is 5.75 Å². The molecule has 1 heterocycles. The van der Waals surface area contributed by atoms with E-state index < -0.39 is 16.0 Å². The van der Waals surface area contributed by atoms with Gasteiger partial charge in [-0.3, -0.25) is 0 Å². The number of ether oxygens (including phenoxy) is 2. The quantitative estimate of drug-likeness (QED) is 0.338. The normalized spacial score (nSPS) is 15.1. The number of benzene rings is 2. The Labute approximate surface area is 182 Å². The molecule has 0 saturated heterocycles. The summed E-state index contributed by atoms with van der Waals surface area (Å²) in [5.41, 5.74) is 1.45. The smallest absolute Gasteiger partial charge is 0.363 e. The standard InChI is InChI=1S/C23H24N2O5S/c1-4-15-29-19-11-7-17(8-12-19)16-21-23(26)30-22(24-21)18-9-13-20(14-10-18)31(27,28)25(5-2)6-3/h4,7-14,16H,1,5-6,15H2,2-3H3/b21-16-. The van der Waals surface area contributed by atoms with Crippen LogP contribution in [0.4, 0.5) is 0 Å². The van der Waals surface area contributed by atoms with Crippen molar-refractivity contribution >= 4 is 28.0 Å². The van der Waals surface area contributed by atoms with Gasteiger partial charge in [-0.2, -0.15) is 4.31 Å². The molecular weight excluding hydrogens is 416 g/mol. The molecule has 0 aromatic heterocycles. The molecule has 0 spiro atoms. The van der Waals surface area contributed by atoms with E-state index in [2.05, 4.69) is 11.6 Å². The van der Waals surface area contributed by atoms with Gasteiger partial charge in [0.25, 0.3) is 0 Å². The van der Waals surface area contributed by atoms with Crippen molar-refractivity contribution < 1.29 is 22.7 Å². The van der Waals surface area contributed by atoms with Crippen molar-refractivity contribution in [3.05, 3.63) is 78.0 Å². The highest BCUT2D eigenvalue weighted by Crippen LogP contribution is 2.22. The molecule has 7 nitrogen and oxygen atoms in total. The second-order valence-electron chi connectivity index (χ2n) is 6.62. The number of nitrogens with zero attached hydrogens (tertiary/aromatic N) is 2. The number of cyclic esters (lactones) is 1. The fourth-order valence-corrected chi connectivity index (χ4v) is 4.45. The minimum atomic E-state index is -3.55. The van der Waals surface area contributed by atoms with Gasteiger partial charge in [0.15, 0.2) is 5.70 Å². The Bertz CT molecular complexity index is 1110. The molecule has 162 valence electrons. The highest BCUT2D eigenvalue weighted by Gasteiger charge is 2.26. The summed E-state index contributed by atoms with van der Waals surface area (Å²) in [7, 11) is -3.55. The van der Waals surface area contributed by atoms with Crippen LogP contribution in [-0.2, 0) is 19.6 Å². The van der Waals surface area contributed by atoms with E-state index in [1.807, 2.05) is 0 Å². The molecule has 31 heavy (non-hydrogen) atoms. The SMILES string of the molecule is C=CCOc1ccc(/C=C2\N=C(c3ccc(S(=O)(=O)N(CC)CC)cc3)OC2=O)cc1. The monoisotopic (exact) mass is 440 g/mol. The van der Waals surface area contributed by atoms with Crippen LogP contribution in [0.3, 0.4) is 0 Å². The second-order valence-corrected chi connectivity index (χ2v) is 8.56. The van der Waals surface area contributed by atoms with E-state index >= 15 is 0 Å². The van der Waals surface area contributed by atoms with Crippen molar-refractivity contribution in [2.75, 3.05) is 19.7 Å². The summed E-state index contributed by atoms with van der Waals surface area (Å²) >= 11 is 0. The zero-order chi connectivity index (χ0) is 22.4. The lowest BCUT2D eigenvalue weighted by molar-refractivity contribution is -0.129. The molecule has 0 N–H and O–H groups in total. The van der Waals surface area contributed by atoms with E-state index in [-0.39, 0.29) is 16.5 Å². The average Bonchev–Trinajstić information content (AvgIpc) is 3.14. The molecule has 0 amide bonds. The molecule has 0 radical (unpaired) electrons. The first-order valence-corrected chi connectivity index (χ1v) is 11.3. The maximum absolute atomic E-state index is 12.6. The van der Waals surface area contributed by atoms with E-state index in [9.17, 15) is 13.2 Å². The van der Waals surface area contributed by atoms with Crippen molar-refractivity contribution in [2.45, 2.75) is 18.7 Å². The van der Waals surface area contributed by atoms with Crippen molar-refractivity contribution in [1.82, 2.24) is 4.31 Å². The summed E-state index contributed by atoms with van der Waals surface area (Å²) in [6, 6.07) is 13.3. The van der Waals surface area contributed by atoms with Crippen LogP contribution in [0.25, 0.3) is 6.08 Å². The minimum absolute atomic E-state index is 0.133. The molecule has 8 heteroatoms. The van der Waals surface area contributed by atoms with Gasteiger partial charge in [0.1, 0.15) is 12.4 Å². The molecule has 0 saturated carbocycles. The highest BCUT2D eigenvalue weighted by molar-refractivity contribution is 7.89. The van der Waals surface area contributed by atoms with Crippen molar-refractivity contribution in [2.24, 2.45) is 4.99 Å². The lowest BCUT2D eigenvalue weighted by atomic mass is 10.2. The number of hydrogen-bond acceptors (Lipinski definition) is 6. The predicted molar refractivity (Wildman–Crippen MR) is 119 cm³/mol. The van der Waals surface area contributed by atoms with Gasteiger partial charge in [0.05, 0.1) is 4.90 Å². The summed E-state index contributed by atoms with van der Waals surface area (Å²) in [6.07, 6.45) is 3.28. The third kappa shape index (κ3) is 5.10. The van der Waals surface area contributed by atoms with Crippen molar-refractivity contribution in [3.63, 3.8) is 0 Å². The summed E-state index contributed by atoms with van der Waals surface area (Å²) in [5, 5.41) is 0. The number of rotatable bonds is 9. The Morgan fingerprint density at radius 3 is 2.29 bits per heavy atom. The van der Waals surface area contributed by atoms with E-state index in [0.29, 0.717) is 31.0 Å². The topological polar surface area (TPSA) is 85.3 Å². The molecule has 0 fully saturated rings. The number of aliphatic imine (C=N–C) groups is 1. The first-order valence-electron chi connectivity index (χ1n) is 9.86. The Morgan fingerprint density at radius 2 is 1.71 bits per heavy atom.